The summed E-state index contributed by atoms with van der Waals surface area (Å²) in [4.78, 5) is 4.31. The van der Waals surface area contributed by atoms with E-state index < -0.39 is 0 Å². The van der Waals surface area contributed by atoms with Gasteiger partial charge in [0.1, 0.15) is 5.75 Å². The Morgan fingerprint density at radius 2 is 2.11 bits per heavy atom. The third-order valence-electron chi connectivity index (χ3n) is 4.67. The first-order chi connectivity index (χ1) is 12.7. The first-order valence-corrected chi connectivity index (χ1v) is 9.62. The highest BCUT2D eigenvalue weighted by Gasteiger charge is 2.22. The molecule has 0 bridgehead atoms. The quantitative estimate of drug-likeness (QED) is 0.317. The van der Waals surface area contributed by atoms with Gasteiger partial charge >= 0.3 is 0 Å². The van der Waals surface area contributed by atoms with E-state index in [1.54, 1.807) is 7.05 Å². The number of hydrogen-bond acceptors (Lipinski definition) is 4. The minimum Gasteiger partial charge on any atom is -0.493 e. The van der Waals surface area contributed by atoms with Crippen LogP contribution in [0, 0.1) is 5.92 Å². The molecule has 0 aromatic heterocycles. The topological polar surface area (TPSA) is 64.1 Å². The summed E-state index contributed by atoms with van der Waals surface area (Å²) in [7, 11) is 1.78. The van der Waals surface area contributed by atoms with Crippen molar-refractivity contribution in [2.24, 2.45) is 10.9 Å². The monoisotopic (exact) mass is 489 g/mol. The molecule has 2 atom stereocenters. The fourth-order valence-corrected chi connectivity index (χ4v) is 2.86. The maximum atomic E-state index is 5.97. The molecule has 1 aromatic rings. The summed E-state index contributed by atoms with van der Waals surface area (Å²) in [5.41, 5.74) is 1.14. The van der Waals surface area contributed by atoms with E-state index in [9.17, 15) is 0 Å². The molecule has 27 heavy (non-hydrogen) atoms. The zero-order valence-corrected chi connectivity index (χ0v) is 18.6. The zero-order valence-electron chi connectivity index (χ0n) is 16.3. The van der Waals surface area contributed by atoms with Crippen LogP contribution in [0.15, 0.2) is 29.3 Å². The van der Waals surface area contributed by atoms with Gasteiger partial charge in [-0.05, 0) is 38.2 Å². The Kier molecular flexibility index (Phi) is 9.64. The molecule has 2 N–H and O–H groups in total. The lowest BCUT2D eigenvalue weighted by molar-refractivity contribution is 0.0347. The molecule has 0 radical (unpaired) electrons. The third-order valence-corrected chi connectivity index (χ3v) is 4.67. The zero-order chi connectivity index (χ0) is 18.2. The van der Waals surface area contributed by atoms with Gasteiger partial charge in [-0.25, -0.2) is 0 Å². The van der Waals surface area contributed by atoms with Gasteiger partial charge in [-0.15, -0.1) is 24.0 Å². The Balaban J connectivity index is 0.00000261. The van der Waals surface area contributed by atoms with Gasteiger partial charge in [-0.1, -0.05) is 18.2 Å². The molecule has 0 spiro atoms. The van der Waals surface area contributed by atoms with Crippen LogP contribution in [0.1, 0.15) is 31.7 Å². The molecule has 3 rings (SSSR count). The lowest BCUT2D eigenvalue weighted by Gasteiger charge is -2.20. The summed E-state index contributed by atoms with van der Waals surface area (Å²) >= 11 is 0. The first kappa shape index (κ1) is 22.2. The van der Waals surface area contributed by atoms with Gasteiger partial charge < -0.3 is 24.8 Å². The van der Waals surface area contributed by atoms with E-state index >= 15 is 0 Å². The van der Waals surface area contributed by atoms with Crippen molar-refractivity contribution in [3.05, 3.63) is 29.8 Å². The van der Waals surface area contributed by atoms with Crippen LogP contribution in [0.4, 0.5) is 0 Å². The molecular formula is C20H32IN3O3. The van der Waals surface area contributed by atoms with Gasteiger partial charge in [0.25, 0.3) is 0 Å². The van der Waals surface area contributed by atoms with E-state index in [4.69, 9.17) is 14.2 Å². The van der Waals surface area contributed by atoms with Crippen molar-refractivity contribution in [3.63, 3.8) is 0 Å². The molecule has 1 saturated carbocycles. The van der Waals surface area contributed by atoms with Gasteiger partial charge in [0.2, 0.25) is 0 Å². The predicted molar refractivity (Wildman–Crippen MR) is 118 cm³/mol. The second kappa shape index (κ2) is 11.7. The van der Waals surface area contributed by atoms with Gasteiger partial charge in [0.15, 0.2) is 5.96 Å². The van der Waals surface area contributed by atoms with Crippen LogP contribution in [0.3, 0.4) is 0 Å². The average molecular weight is 489 g/mol. The summed E-state index contributed by atoms with van der Waals surface area (Å²) in [6.07, 6.45) is 3.80. The Labute approximate surface area is 179 Å². The van der Waals surface area contributed by atoms with Crippen molar-refractivity contribution in [1.29, 1.82) is 0 Å². The number of nitrogens with one attached hydrogen (secondary N) is 2. The van der Waals surface area contributed by atoms with Gasteiger partial charge in [0, 0.05) is 31.8 Å². The highest BCUT2D eigenvalue weighted by molar-refractivity contribution is 14.0. The number of guanidine groups is 1. The molecule has 0 amide bonds. The fourth-order valence-electron chi connectivity index (χ4n) is 2.86. The van der Waals surface area contributed by atoms with Crippen LogP contribution < -0.4 is 15.4 Å². The van der Waals surface area contributed by atoms with Gasteiger partial charge in [-0.3, -0.25) is 4.99 Å². The summed E-state index contributed by atoms with van der Waals surface area (Å²) in [5.74, 6) is 2.47. The van der Waals surface area contributed by atoms with Crippen molar-refractivity contribution in [2.75, 3.05) is 33.5 Å². The molecule has 7 heteroatoms. The maximum absolute atomic E-state index is 5.97. The Morgan fingerprint density at radius 1 is 1.30 bits per heavy atom. The molecule has 152 valence electrons. The number of benzene rings is 1. The number of nitrogens with zero attached hydrogens (tertiary/aromatic N) is 1. The van der Waals surface area contributed by atoms with E-state index in [1.807, 2.05) is 18.2 Å². The Bertz CT molecular complexity index is 590. The molecule has 1 aliphatic carbocycles. The second-order valence-corrected chi connectivity index (χ2v) is 7.15. The van der Waals surface area contributed by atoms with Crippen molar-refractivity contribution in [2.45, 2.75) is 44.9 Å². The lowest BCUT2D eigenvalue weighted by Crippen LogP contribution is -2.44. The maximum Gasteiger partial charge on any atom is 0.191 e. The van der Waals surface area contributed by atoms with Crippen LogP contribution >= 0.6 is 24.0 Å². The summed E-state index contributed by atoms with van der Waals surface area (Å²) in [6, 6.07) is 8.36. The van der Waals surface area contributed by atoms with Crippen LogP contribution in [0.2, 0.25) is 0 Å². The molecule has 2 unspecified atom stereocenters. The van der Waals surface area contributed by atoms with E-state index in [0.717, 1.165) is 42.8 Å². The van der Waals surface area contributed by atoms with Crippen LogP contribution in [-0.4, -0.2) is 51.6 Å². The average Bonchev–Trinajstić information content (AvgIpc) is 3.35. The summed E-state index contributed by atoms with van der Waals surface area (Å²) in [6.45, 7) is 5.73. The smallest absolute Gasteiger partial charge is 0.191 e. The molecule has 2 aliphatic rings. The molecule has 1 saturated heterocycles. The number of ether oxygens (including phenoxy) is 3. The molecular weight excluding hydrogens is 457 g/mol. The van der Waals surface area contributed by atoms with E-state index in [-0.39, 0.29) is 36.1 Å². The predicted octanol–water partition coefficient (Wildman–Crippen LogP) is 2.95. The van der Waals surface area contributed by atoms with Crippen LogP contribution in [-0.2, 0) is 16.0 Å². The Morgan fingerprint density at radius 3 is 2.81 bits per heavy atom. The number of aliphatic imine (C=N–C) groups is 1. The van der Waals surface area contributed by atoms with Crippen molar-refractivity contribution in [1.82, 2.24) is 10.6 Å². The van der Waals surface area contributed by atoms with Crippen molar-refractivity contribution >= 4 is 29.9 Å². The number of hydrogen-bond donors (Lipinski definition) is 2. The lowest BCUT2D eigenvalue weighted by atomic mass is 10.2. The van der Waals surface area contributed by atoms with E-state index in [0.29, 0.717) is 19.8 Å². The van der Waals surface area contributed by atoms with E-state index in [1.165, 1.54) is 12.8 Å². The molecule has 6 nitrogen and oxygen atoms in total. The first-order valence-electron chi connectivity index (χ1n) is 9.62. The molecule has 1 heterocycles. The Hall–Kier alpha value is -1.06. The molecule has 1 aromatic carbocycles. The summed E-state index contributed by atoms with van der Waals surface area (Å²) in [5, 5.41) is 6.74. The van der Waals surface area contributed by atoms with Crippen LogP contribution in [0.25, 0.3) is 0 Å². The highest BCUT2D eigenvalue weighted by atomic mass is 127. The normalized spacial score (nSPS) is 20.7. The van der Waals surface area contributed by atoms with Gasteiger partial charge in [0.05, 0.1) is 25.9 Å². The second-order valence-electron chi connectivity index (χ2n) is 7.15. The standard InChI is InChI=1S/C20H31N3O3.HI/c1-15(12-25-18-9-10-24-14-18)23-20(21-2)22-11-17-5-3-4-6-19(17)26-13-16-7-8-16;/h3-6,15-16,18H,7-14H2,1-2H3,(H2,21,22,23);1H. The fraction of sp³-hybridized carbons (Fsp3) is 0.650. The minimum atomic E-state index is 0. The molecule has 2 fully saturated rings. The largest absolute Gasteiger partial charge is 0.493 e. The van der Waals surface area contributed by atoms with E-state index in [2.05, 4.69) is 28.6 Å². The molecule has 1 aliphatic heterocycles. The third kappa shape index (κ3) is 7.83. The van der Waals surface area contributed by atoms with Crippen molar-refractivity contribution < 1.29 is 14.2 Å². The van der Waals surface area contributed by atoms with Crippen LogP contribution in [0.5, 0.6) is 5.75 Å². The number of halogens is 1. The minimum absolute atomic E-state index is 0. The number of para-hydroxylation sites is 1. The SMILES string of the molecule is CN=C(NCc1ccccc1OCC1CC1)NC(C)COC1CCOC1.I. The van der Waals surface area contributed by atoms with Crippen molar-refractivity contribution in [3.8, 4) is 5.75 Å². The van der Waals surface area contributed by atoms with Gasteiger partial charge in [-0.2, -0.15) is 0 Å². The number of rotatable bonds is 9. The summed E-state index contributed by atoms with van der Waals surface area (Å²) < 4.78 is 17.2. The highest BCUT2D eigenvalue weighted by Crippen LogP contribution is 2.30.